The Bertz CT molecular complexity index is 1010. The first-order valence-corrected chi connectivity index (χ1v) is 8.86. The van der Waals surface area contributed by atoms with Crippen molar-refractivity contribution in [1.82, 2.24) is 10.6 Å². The number of ether oxygens (including phenoxy) is 2. The lowest BCUT2D eigenvalue weighted by Crippen LogP contribution is -2.41. The number of furan rings is 1. The summed E-state index contributed by atoms with van der Waals surface area (Å²) in [6.07, 6.45) is 1.40. The molecule has 0 bridgehead atoms. The molecule has 8 heteroatoms. The Balaban J connectivity index is 1.43. The summed E-state index contributed by atoms with van der Waals surface area (Å²) in [6.45, 7) is -0.278. The van der Waals surface area contributed by atoms with E-state index in [2.05, 4.69) is 10.6 Å². The van der Waals surface area contributed by atoms with Gasteiger partial charge in [0.05, 0.1) is 19.8 Å². The van der Waals surface area contributed by atoms with E-state index in [1.807, 2.05) is 30.3 Å². The zero-order valence-electron chi connectivity index (χ0n) is 15.8. The zero-order valence-corrected chi connectivity index (χ0v) is 15.8. The van der Waals surface area contributed by atoms with Crippen LogP contribution in [0.4, 0.5) is 4.79 Å². The average molecular weight is 396 g/mol. The Morgan fingerprint density at radius 2 is 1.86 bits per heavy atom. The highest BCUT2D eigenvalue weighted by molar-refractivity contribution is 5.95. The van der Waals surface area contributed by atoms with Crippen LogP contribution >= 0.6 is 0 Å². The summed E-state index contributed by atoms with van der Waals surface area (Å²) in [5.74, 6) is -0.683. The van der Waals surface area contributed by atoms with E-state index in [-0.39, 0.29) is 13.0 Å². The second-order valence-corrected chi connectivity index (χ2v) is 6.18. The fourth-order valence-electron chi connectivity index (χ4n) is 2.67. The van der Waals surface area contributed by atoms with Crippen molar-refractivity contribution in [2.45, 2.75) is 13.0 Å². The molecule has 0 aliphatic rings. The SMILES string of the molecule is COc1ccc2c(CC(=O)OCC(=O)NC(=O)NCc3ccccc3)coc2c1. The van der Waals surface area contributed by atoms with Gasteiger partial charge in [-0.05, 0) is 17.7 Å². The van der Waals surface area contributed by atoms with Crippen LogP contribution in [-0.4, -0.2) is 31.6 Å². The van der Waals surface area contributed by atoms with E-state index >= 15 is 0 Å². The van der Waals surface area contributed by atoms with Gasteiger partial charge in [0.25, 0.3) is 5.91 Å². The van der Waals surface area contributed by atoms with Crippen molar-refractivity contribution in [1.29, 1.82) is 0 Å². The minimum Gasteiger partial charge on any atom is -0.497 e. The Morgan fingerprint density at radius 1 is 1.07 bits per heavy atom. The van der Waals surface area contributed by atoms with Gasteiger partial charge in [-0.15, -0.1) is 0 Å². The highest BCUT2D eigenvalue weighted by Crippen LogP contribution is 2.26. The van der Waals surface area contributed by atoms with Gasteiger partial charge in [-0.2, -0.15) is 0 Å². The molecule has 3 aromatic rings. The first-order chi connectivity index (χ1) is 14.0. The summed E-state index contributed by atoms with van der Waals surface area (Å²) in [7, 11) is 1.55. The predicted molar refractivity (Wildman–Crippen MR) is 104 cm³/mol. The molecule has 2 aromatic carbocycles. The van der Waals surface area contributed by atoms with Gasteiger partial charge in [-0.3, -0.25) is 14.9 Å². The number of urea groups is 1. The number of benzene rings is 2. The number of hydrogen-bond acceptors (Lipinski definition) is 6. The van der Waals surface area contributed by atoms with Gasteiger partial charge in [-0.1, -0.05) is 30.3 Å². The highest BCUT2D eigenvalue weighted by Gasteiger charge is 2.14. The Labute approximate surface area is 166 Å². The highest BCUT2D eigenvalue weighted by atomic mass is 16.5. The van der Waals surface area contributed by atoms with Gasteiger partial charge in [0.15, 0.2) is 6.61 Å². The standard InChI is InChI=1S/C21H20N2O6/c1-27-16-7-8-17-15(12-28-18(17)10-16)9-20(25)29-13-19(24)23-21(26)22-11-14-5-3-2-4-6-14/h2-8,10,12H,9,11,13H2,1H3,(H2,22,23,24,26). The van der Waals surface area contributed by atoms with Crippen LogP contribution < -0.4 is 15.4 Å². The van der Waals surface area contributed by atoms with E-state index in [0.717, 1.165) is 10.9 Å². The summed E-state index contributed by atoms with van der Waals surface area (Å²) in [5, 5.41) is 5.41. The van der Waals surface area contributed by atoms with Crippen molar-refractivity contribution in [3.05, 3.63) is 65.9 Å². The van der Waals surface area contributed by atoms with Crippen molar-refractivity contribution in [3.8, 4) is 5.75 Å². The molecular weight excluding hydrogens is 376 g/mol. The molecule has 0 saturated heterocycles. The first kappa shape index (κ1) is 19.9. The molecule has 3 amide bonds. The number of hydrogen-bond donors (Lipinski definition) is 2. The summed E-state index contributed by atoms with van der Waals surface area (Å²) < 4.78 is 15.5. The lowest BCUT2D eigenvalue weighted by atomic mass is 10.1. The van der Waals surface area contributed by atoms with E-state index in [4.69, 9.17) is 13.9 Å². The Morgan fingerprint density at radius 3 is 2.62 bits per heavy atom. The average Bonchev–Trinajstić information content (AvgIpc) is 3.13. The van der Waals surface area contributed by atoms with Crippen LogP contribution in [0.15, 0.2) is 59.2 Å². The van der Waals surface area contributed by atoms with Crippen molar-refractivity contribution < 1.29 is 28.3 Å². The molecule has 29 heavy (non-hydrogen) atoms. The largest absolute Gasteiger partial charge is 0.497 e. The second-order valence-electron chi connectivity index (χ2n) is 6.18. The monoisotopic (exact) mass is 396 g/mol. The van der Waals surface area contributed by atoms with Crippen molar-refractivity contribution in [2.75, 3.05) is 13.7 Å². The number of rotatable bonds is 7. The van der Waals surface area contributed by atoms with Gasteiger partial charge in [0, 0.05) is 23.6 Å². The fourth-order valence-corrected chi connectivity index (χ4v) is 2.67. The maximum Gasteiger partial charge on any atom is 0.321 e. The van der Waals surface area contributed by atoms with Crippen LogP contribution in [0, 0.1) is 0 Å². The molecular formula is C21H20N2O6. The number of amides is 3. The van der Waals surface area contributed by atoms with Crippen molar-refractivity contribution in [2.24, 2.45) is 0 Å². The quantitative estimate of drug-likeness (QED) is 0.595. The summed E-state index contributed by atoms with van der Waals surface area (Å²) >= 11 is 0. The number of methoxy groups -OCH3 is 1. The topological polar surface area (TPSA) is 107 Å². The first-order valence-electron chi connectivity index (χ1n) is 8.86. The van der Waals surface area contributed by atoms with Crippen LogP contribution in [0.3, 0.4) is 0 Å². The molecule has 0 unspecified atom stereocenters. The lowest BCUT2D eigenvalue weighted by Gasteiger charge is -2.07. The molecule has 0 saturated carbocycles. The Hall–Kier alpha value is -3.81. The Kier molecular flexibility index (Phi) is 6.47. The molecule has 0 spiro atoms. The third kappa shape index (κ3) is 5.58. The van der Waals surface area contributed by atoms with Crippen LogP contribution in [-0.2, 0) is 27.3 Å². The fraction of sp³-hybridized carbons (Fsp3) is 0.190. The molecule has 150 valence electrons. The second kappa shape index (κ2) is 9.41. The van der Waals surface area contributed by atoms with Gasteiger partial charge < -0.3 is 19.2 Å². The third-order valence-corrected chi connectivity index (χ3v) is 4.11. The van der Waals surface area contributed by atoms with Crippen LogP contribution in [0.1, 0.15) is 11.1 Å². The molecule has 0 atom stereocenters. The van der Waals surface area contributed by atoms with Gasteiger partial charge in [0.2, 0.25) is 0 Å². The zero-order chi connectivity index (χ0) is 20.6. The van der Waals surface area contributed by atoms with Crippen LogP contribution in [0.25, 0.3) is 11.0 Å². The van der Waals surface area contributed by atoms with Crippen LogP contribution in [0.5, 0.6) is 5.75 Å². The molecule has 0 radical (unpaired) electrons. The molecule has 0 aliphatic carbocycles. The molecule has 0 aliphatic heterocycles. The minimum atomic E-state index is -0.717. The van der Waals surface area contributed by atoms with Crippen molar-refractivity contribution >= 4 is 28.9 Å². The maximum absolute atomic E-state index is 12.0. The number of carbonyl (C=O) groups excluding carboxylic acids is 3. The number of fused-ring (bicyclic) bond motifs is 1. The van der Waals surface area contributed by atoms with Crippen molar-refractivity contribution in [3.63, 3.8) is 0 Å². The predicted octanol–water partition coefficient (Wildman–Crippen LogP) is 2.55. The number of carbonyl (C=O) groups is 3. The number of esters is 1. The molecule has 8 nitrogen and oxygen atoms in total. The molecule has 1 heterocycles. The van der Waals surface area contributed by atoms with Gasteiger partial charge in [-0.25, -0.2) is 4.79 Å². The van der Waals surface area contributed by atoms with E-state index in [1.54, 1.807) is 25.3 Å². The minimum absolute atomic E-state index is 0.0627. The lowest BCUT2D eigenvalue weighted by molar-refractivity contribution is -0.147. The maximum atomic E-state index is 12.0. The normalized spacial score (nSPS) is 10.4. The van der Waals surface area contributed by atoms with E-state index < -0.39 is 24.5 Å². The molecule has 3 rings (SSSR count). The number of imide groups is 1. The van der Waals surface area contributed by atoms with E-state index in [1.165, 1.54) is 6.26 Å². The summed E-state index contributed by atoms with van der Waals surface area (Å²) in [4.78, 5) is 35.5. The molecule has 2 N–H and O–H groups in total. The van der Waals surface area contributed by atoms with E-state index in [9.17, 15) is 14.4 Å². The number of nitrogens with one attached hydrogen (secondary N) is 2. The summed E-state index contributed by atoms with van der Waals surface area (Å²) in [5.41, 5.74) is 2.11. The summed E-state index contributed by atoms with van der Waals surface area (Å²) in [6, 6.07) is 13.8. The van der Waals surface area contributed by atoms with E-state index in [0.29, 0.717) is 16.9 Å². The third-order valence-electron chi connectivity index (χ3n) is 4.11. The van der Waals surface area contributed by atoms with Crippen LogP contribution in [0.2, 0.25) is 0 Å². The molecule has 1 aromatic heterocycles. The van der Waals surface area contributed by atoms with Gasteiger partial charge >= 0.3 is 12.0 Å². The smallest absolute Gasteiger partial charge is 0.321 e. The molecule has 0 fully saturated rings. The van der Waals surface area contributed by atoms with Gasteiger partial charge in [0.1, 0.15) is 11.3 Å².